The minimum absolute atomic E-state index is 0.132. The second-order valence-electron chi connectivity index (χ2n) is 5.32. The third kappa shape index (κ3) is 3.35. The molecule has 4 N–H and O–H groups in total. The SMILES string of the molecule is CC1(CNS(=O)(=O)c2c[nH]c(=O)[nH]c2=O)CCNCC1. The van der Waals surface area contributed by atoms with Gasteiger partial charge in [-0.25, -0.2) is 17.9 Å². The highest BCUT2D eigenvalue weighted by molar-refractivity contribution is 7.89. The quantitative estimate of drug-likeness (QED) is 0.552. The van der Waals surface area contributed by atoms with Gasteiger partial charge in [0.15, 0.2) is 4.90 Å². The minimum Gasteiger partial charge on any atom is -0.317 e. The van der Waals surface area contributed by atoms with Crippen molar-refractivity contribution in [2.45, 2.75) is 24.7 Å². The van der Waals surface area contributed by atoms with Crippen LogP contribution in [-0.2, 0) is 10.0 Å². The molecular formula is C11H18N4O4S. The van der Waals surface area contributed by atoms with Crippen molar-refractivity contribution in [3.8, 4) is 0 Å². The summed E-state index contributed by atoms with van der Waals surface area (Å²) in [5.41, 5.74) is -1.79. The Kier molecular flexibility index (Phi) is 4.11. The molecule has 1 aliphatic heterocycles. The Bertz CT molecular complexity index is 685. The van der Waals surface area contributed by atoms with Gasteiger partial charge in [-0.3, -0.25) is 9.78 Å². The standard InChI is InChI=1S/C11H18N4O4S/c1-11(2-4-12-5-3-11)7-14-20(18,19)8-6-13-10(17)15-9(8)16/h6,12,14H,2-5,7H2,1H3,(H2,13,15,16,17). The van der Waals surface area contributed by atoms with Gasteiger partial charge in [-0.1, -0.05) is 6.92 Å². The monoisotopic (exact) mass is 302 g/mol. The molecule has 0 saturated carbocycles. The summed E-state index contributed by atoms with van der Waals surface area (Å²) < 4.78 is 26.6. The van der Waals surface area contributed by atoms with Gasteiger partial charge in [0, 0.05) is 12.7 Å². The highest BCUT2D eigenvalue weighted by Gasteiger charge is 2.29. The summed E-state index contributed by atoms with van der Waals surface area (Å²) in [6.07, 6.45) is 2.63. The Hall–Kier alpha value is -1.45. The number of hydrogen-bond acceptors (Lipinski definition) is 5. The molecule has 0 aromatic carbocycles. The Morgan fingerprint density at radius 2 is 1.95 bits per heavy atom. The molecule has 2 heterocycles. The second kappa shape index (κ2) is 5.51. The fraction of sp³-hybridized carbons (Fsp3) is 0.636. The first-order chi connectivity index (χ1) is 9.32. The number of hydrogen-bond donors (Lipinski definition) is 4. The van der Waals surface area contributed by atoms with E-state index in [1.807, 2.05) is 11.9 Å². The van der Waals surface area contributed by atoms with Crippen LogP contribution in [-0.4, -0.2) is 38.0 Å². The highest BCUT2D eigenvalue weighted by Crippen LogP contribution is 2.27. The number of aromatic amines is 2. The number of sulfonamides is 1. The molecular weight excluding hydrogens is 284 g/mol. The topological polar surface area (TPSA) is 124 Å². The van der Waals surface area contributed by atoms with Crippen molar-refractivity contribution < 1.29 is 8.42 Å². The van der Waals surface area contributed by atoms with E-state index in [0.717, 1.165) is 32.1 Å². The molecule has 1 aliphatic rings. The van der Waals surface area contributed by atoms with E-state index < -0.39 is 26.2 Å². The minimum atomic E-state index is -3.93. The molecule has 1 saturated heterocycles. The van der Waals surface area contributed by atoms with Gasteiger partial charge in [-0.15, -0.1) is 0 Å². The molecule has 0 bridgehead atoms. The van der Waals surface area contributed by atoms with Gasteiger partial charge < -0.3 is 10.3 Å². The lowest BCUT2D eigenvalue weighted by Crippen LogP contribution is -2.43. The molecule has 0 spiro atoms. The summed E-state index contributed by atoms with van der Waals surface area (Å²) in [7, 11) is -3.93. The van der Waals surface area contributed by atoms with E-state index in [1.165, 1.54) is 0 Å². The molecule has 8 nitrogen and oxygen atoms in total. The van der Waals surface area contributed by atoms with E-state index in [9.17, 15) is 18.0 Å². The average molecular weight is 302 g/mol. The van der Waals surface area contributed by atoms with Crippen LogP contribution in [0, 0.1) is 5.41 Å². The molecule has 1 aromatic heterocycles. The smallest absolute Gasteiger partial charge is 0.317 e. The van der Waals surface area contributed by atoms with Gasteiger partial charge in [0.2, 0.25) is 10.0 Å². The van der Waals surface area contributed by atoms with Gasteiger partial charge >= 0.3 is 5.69 Å². The maximum absolute atomic E-state index is 12.1. The Labute approximate surface area is 116 Å². The lowest BCUT2D eigenvalue weighted by Gasteiger charge is -2.33. The molecule has 0 unspecified atom stereocenters. The van der Waals surface area contributed by atoms with Crippen LogP contribution in [0.5, 0.6) is 0 Å². The van der Waals surface area contributed by atoms with Gasteiger partial charge in [0.25, 0.3) is 5.56 Å². The Balaban J connectivity index is 2.15. The maximum atomic E-state index is 12.1. The molecule has 0 atom stereocenters. The van der Waals surface area contributed by atoms with Crippen molar-refractivity contribution in [1.82, 2.24) is 20.0 Å². The Morgan fingerprint density at radius 3 is 2.55 bits per heavy atom. The predicted octanol–water partition coefficient (Wildman–Crippen LogP) is -1.27. The first-order valence-corrected chi connectivity index (χ1v) is 7.83. The molecule has 20 heavy (non-hydrogen) atoms. The van der Waals surface area contributed by atoms with E-state index in [0.29, 0.717) is 0 Å². The zero-order valence-corrected chi connectivity index (χ0v) is 12.0. The lowest BCUT2D eigenvalue weighted by atomic mass is 9.81. The van der Waals surface area contributed by atoms with Crippen LogP contribution in [0.1, 0.15) is 19.8 Å². The number of nitrogens with one attached hydrogen (secondary N) is 4. The average Bonchev–Trinajstić information content (AvgIpc) is 2.37. The van der Waals surface area contributed by atoms with E-state index >= 15 is 0 Å². The third-order valence-corrected chi connectivity index (χ3v) is 4.98. The zero-order valence-electron chi connectivity index (χ0n) is 11.2. The summed E-state index contributed by atoms with van der Waals surface area (Å²) in [5.74, 6) is 0. The molecule has 1 fully saturated rings. The lowest BCUT2D eigenvalue weighted by molar-refractivity contribution is 0.232. The first kappa shape index (κ1) is 14.9. The molecule has 1 aromatic rings. The van der Waals surface area contributed by atoms with Crippen LogP contribution in [0.2, 0.25) is 0 Å². The molecule has 9 heteroatoms. The van der Waals surface area contributed by atoms with Crippen molar-refractivity contribution in [3.63, 3.8) is 0 Å². The van der Waals surface area contributed by atoms with Crippen LogP contribution < -0.4 is 21.3 Å². The summed E-state index contributed by atoms with van der Waals surface area (Å²) in [4.78, 5) is 26.0. The maximum Gasteiger partial charge on any atom is 0.325 e. The van der Waals surface area contributed by atoms with Crippen molar-refractivity contribution >= 4 is 10.0 Å². The normalized spacial score (nSPS) is 18.9. The van der Waals surface area contributed by atoms with Crippen LogP contribution in [0.15, 0.2) is 20.7 Å². The largest absolute Gasteiger partial charge is 0.325 e. The summed E-state index contributed by atoms with van der Waals surface area (Å²) in [6.45, 7) is 3.96. The van der Waals surface area contributed by atoms with Crippen molar-refractivity contribution in [2.24, 2.45) is 5.41 Å². The van der Waals surface area contributed by atoms with Gasteiger partial charge in [0.1, 0.15) is 0 Å². The van der Waals surface area contributed by atoms with Gasteiger partial charge in [-0.05, 0) is 31.3 Å². The third-order valence-electron chi connectivity index (χ3n) is 3.57. The molecule has 2 rings (SSSR count). The number of piperidine rings is 1. The van der Waals surface area contributed by atoms with Crippen molar-refractivity contribution in [3.05, 3.63) is 27.0 Å². The predicted molar refractivity (Wildman–Crippen MR) is 73.1 cm³/mol. The summed E-state index contributed by atoms with van der Waals surface area (Å²) in [6, 6.07) is 0. The van der Waals surface area contributed by atoms with E-state index in [1.54, 1.807) is 0 Å². The molecule has 0 radical (unpaired) electrons. The van der Waals surface area contributed by atoms with Crippen LogP contribution in [0.25, 0.3) is 0 Å². The van der Waals surface area contributed by atoms with Crippen LogP contribution >= 0.6 is 0 Å². The number of aromatic nitrogens is 2. The number of H-pyrrole nitrogens is 2. The highest BCUT2D eigenvalue weighted by atomic mass is 32.2. The molecule has 112 valence electrons. The fourth-order valence-electron chi connectivity index (χ4n) is 2.15. The zero-order chi connectivity index (χ0) is 14.8. The van der Waals surface area contributed by atoms with E-state index in [-0.39, 0.29) is 12.0 Å². The first-order valence-electron chi connectivity index (χ1n) is 6.35. The van der Waals surface area contributed by atoms with E-state index in [4.69, 9.17) is 0 Å². The van der Waals surface area contributed by atoms with Gasteiger partial charge in [0.05, 0.1) is 0 Å². The van der Waals surface area contributed by atoms with Crippen LogP contribution in [0.3, 0.4) is 0 Å². The molecule has 0 aliphatic carbocycles. The van der Waals surface area contributed by atoms with Crippen molar-refractivity contribution in [2.75, 3.05) is 19.6 Å². The number of rotatable bonds is 4. The van der Waals surface area contributed by atoms with Gasteiger partial charge in [-0.2, -0.15) is 0 Å². The fourth-order valence-corrected chi connectivity index (χ4v) is 3.35. The molecule has 0 amide bonds. The van der Waals surface area contributed by atoms with E-state index in [2.05, 4.69) is 15.0 Å². The second-order valence-corrected chi connectivity index (χ2v) is 7.06. The van der Waals surface area contributed by atoms with Crippen molar-refractivity contribution in [1.29, 1.82) is 0 Å². The Morgan fingerprint density at radius 1 is 1.30 bits per heavy atom. The summed E-state index contributed by atoms with van der Waals surface area (Å²) in [5, 5.41) is 3.21. The summed E-state index contributed by atoms with van der Waals surface area (Å²) >= 11 is 0. The van der Waals surface area contributed by atoms with Crippen LogP contribution in [0.4, 0.5) is 0 Å².